The molecule has 1 heterocycles. The molecule has 1 N–H and O–H groups in total. The van der Waals surface area contributed by atoms with E-state index in [-0.39, 0.29) is 11.9 Å². The summed E-state index contributed by atoms with van der Waals surface area (Å²) >= 11 is 0. The Morgan fingerprint density at radius 1 is 1.21 bits per heavy atom. The summed E-state index contributed by atoms with van der Waals surface area (Å²) in [6.45, 7) is 15.4. The number of ether oxygens (including phenoxy) is 1. The van der Waals surface area contributed by atoms with Gasteiger partial charge in [0.2, 0.25) is 0 Å². The highest BCUT2D eigenvalue weighted by atomic mass is 16.5. The number of carbonyl (C=O) groups is 1. The molecule has 140 valence electrons. The van der Waals surface area contributed by atoms with Gasteiger partial charge in [-0.1, -0.05) is 13.8 Å². The van der Waals surface area contributed by atoms with Crippen molar-refractivity contribution >= 4 is 11.9 Å². The third-order valence-corrected chi connectivity index (χ3v) is 4.41. The van der Waals surface area contributed by atoms with Crippen LogP contribution in [0, 0.1) is 5.92 Å². The molecule has 6 nitrogen and oxygen atoms in total. The largest absolute Gasteiger partial charge is 0.466 e. The van der Waals surface area contributed by atoms with Gasteiger partial charge in [0.1, 0.15) is 0 Å². The fraction of sp³-hybridized carbons (Fsp3) is 0.889. The molecule has 0 aliphatic carbocycles. The summed E-state index contributed by atoms with van der Waals surface area (Å²) in [5.74, 6) is 0.980. The molecular formula is C18H36N4O2. The predicted octanol–water partition coefficient (Wildman–Crippen LogP) is 1.96. The lowest BCUT2D eigenvalue weighted by Gasteiger charge is -2.33. The first-order valence-corrected chi connectivity index (χ1v) is 9.58. The standard InChI is InChI=1S/C18H36N4O2/c1-5-12-21(7-3)15-11-20-18(19-6-2)22-13-9-16(10-14-22)17(23)24-8-4/h16H,5-15H2,1-4H3,(H,19,20). The van der Waals surface area contributed by atoms with Gasteiger partial charge in [-0.2, -0.15) is 0 Å². The predicted molar refractivity (Wildman–Crippen MR) is 99.3 cm³/mol. The molecule has 0 aromatic carbocycles. The summed E-state index contributed by atoms with van der Waals surface area (Å²) in [5.41, 5.74) is 0. The number of guanidine groups is 1. The number of likely N-dealkylation sites (N-methyl/N-ethyl adjacent to an activating group) is 1. The Morgan fingerprint density at radius 2 is 1.92 bits per heavy atom. The van der Waals surface area contributed by atoms with Gasteiger partial charge < -0.3 is 19.9 Å². The second kappa shape index (κ2) is 12.1. The van der Waals surface area contributed by atoms with Crippen molar-refractivity contribution in [1.29, 1.82) is 0 Å². The van der Waals surface area contributed by atoms with Gasteiger partial charge in [-0.15, -0.1) is 0 Å². The third-order valence-electron chi connectivity index (χ3n) is 4.41. The first kappa shape index (κ1) is 20.7. The average molecular weight is 341 g/mol. The molecule has 0 bridgehead atoms. The van der Waals surface area contributed by atoms with Gasteiger partial charge in [-0.05, 0) is 46.2 Å². The molecule has 0 amide bonds. The van der Waals surface area contributed by atoms with Gasteiger partial charge in [0.05, 0.1) is 19.1 Å². The van der Waals surface area contributed by atoms with Crippen LogP contribution in [0.5, 0.6) is 0 Å². The molecule has 0 unspecified atom stereocenters. The normalized spacial score (nSPS) is 16.5. The number of hydrogen-bond acceptors (Lipinski definition) is 4. The highest BCUT2D eigenvalue weighted by molar-refractivity contribution is 5.80. The number of hydrogen-bond donors (Lipinski definition) is 1. The molecule has 24 heavy (non-hydrogen) atoms. The van der Waals surface area contributed by atoms with Crippen molar-refractivity contribution in [2.75, 3.05) is 52.4 Å². The number of esters is 1. The van der Waals surface area contributed by atoms with Crippen molar-refractivity contribution in [3.63, 3.8) is 0 Å². The lowest BCUT2D eigenvalue weighted by molar-refractivity contribution is -0.149. The second-order valence-electron chi connectivity index (χ2n) is 6.18. The van der Waals surface area contributed by atoms with Crippen LogP contribution in [0.1, 0.15) is 47.0 Å². The molecule has 1 aliphatic heterocycles. The Morgan fingerprint density at radius 3 is 2.46 bits per heavy atom. The van der Waals surface area contributed by atoms with Crippen molar-refractivity contribution < 1.29 is 9.53 Å². The smallest absolute Gasteiger partial charge is 0.309 e. The van der Waals surface area contributed by atoms with Crippen LogP contribution in [0.15, 0.2) is 4.99 Å². The Labute approximate surface area is 147 Å². The fourth-order valence-corrected chi connectivity index (χ4v) is 3.05. The minimum atomic E-state index is -0.0442. The Bertz CT molecular complexity index is 379. The van der Waals surface area contributed by atoms with E-state index >= 15 is 0 Å². The topological polar surface area (TPSA) is 57.2 Å². The number of aliphatic imine (C=N–C) groups is 1. The zero-order valence-corrected chi connectivity index (χ0v) is 16.0. The monoisotopic (exact) mass is 340 g/mol. The van der Waals surface area contributed by atoms with Gasteiger partial charge in [0, 0.05) is 26.2 Å². The Kier molecular flexibility index (Phi) is 10.5. The summed E-state index contributed by atoms with van der Waals surface area (Å²) in [6.07, 6.45) is 2.87. The third kappa shape index (κ3) is 7.07. The van der Waals surface area contributed by atoms with E-state index in [1.54, 1.807) is 0 Å². The van der Waals surface area contributed by atoms with Crippen LogP contribution < -0.4 is 5.32 Å². The average Bonchev–Trinajstić information content (AvgIpc) is 2.60. The molecule has 1 aliphatic rings. The molecule has 6 heteroatoms. The maximum Gasteiger partial charge on any atom is 0.309 e. The highest BCUT2D eigenvalue weighted by Crippen LogP contribution is 2.18. The van der Waals surface area contributed by atoms with Gasteiger partial charge in [0.25, 0.3) is 0 Å². The van der Waals surface area contributed by atoms with E-state index in [1.165, 1.54) is 6.42 Å². The summed E-state index contributed by atoms with van der Waals surface area (Å²) < 4.78 is 5.14. The molecule has 0 spiro atoms. The number of nitrogens with zero attached hydrogens (tertiary/aromatic N) is 3. The van der Waals surface area contributed by atoms with E-state index in [1.807, 2.05) is 6.92 Å². The molecule has 0 radical (unpaired) electrons. The van der Waals surface area contributed by atoms with Gasteiger partial charge in [-0.25, -0.2) is 0 Å². The summed E-state index contributed by atoms with van der Waals surface area (Å²) in [6, 6.07) is 0. The van der Waals surface area contributed by atoms with E-state index in [0.717, 1.165) is 64.6 Å². The Balaban J connectivity index is 2.50. The van der Waals surface area contributed by atoms with Crippen LogP contribution in [0.4, 0.5) is 0 Å². The zero-order chi connectivity index (χ0) is 17.8. The quantitative estimate of drug-likeness (QED) is 0.395. The summed E-state index contributed by atoms with van der Waals surface area (Å²) in [4.78, 5) is 21.3. The van der Waals surface area contributed by atoms with Gasteiger partial charge in [-0.3, -0.25) is 9.79 Å². The van der Waals surface area contributed by atoms with Crippen LogP contribution in [0.3, 0.4) is 0 Å². The van der Waals surface area contributed by atoms with Crippen LogP contribution in [0.25, 0.3) is 0 Å². The van der Waals surface area contributed by atoms with Crippen molar-refractivity contribution in [2.24, 2.45) is 10.9 Å². The van der Waals surface area contributed by atoms with Crippen molar-refractivity contribution in [2.45, 2.75) is 47.0 Å². The number of carbonyl (C=O) groups excluding carboxylic acids is 1. The highest BCUT2D eigenvalue weighted by Gasteiger charge is 2.27. The van der Waals surface area contributed by atoms with E-state index in [0.29, 0.717) is 6.61 Å². The maximum atomic E-state index is 11.8. The number of rotatable bonds is 9. The van der Waals surface area contributed by atoms with Crippen LogP contribution >= 0.6 is 0 Å². The first-order chi connectivity index (χ1) is 11.7. The molecule has 1 saturated heterocycles. The molecule has 0 atom stereocenters. The first-order valence-electron chi connectivity index (χ1n) is 9.58. The molecule has 0 aromatic rings. The molecule has 0 saturated carbocycles. The number of likely N-dealkylation sites (tertiary alicyclic amines) is 1. The Hall–Kier alpha value is -1.30. The van der Waals surface area contributed by atoms with E-state index < -0.39 is 0 Å². The number of piperidine rings is 1. The molecular weight excluding hydrogens is 304 g/mol. The van der Waals surface area contributed by atoms with Crippen LogP contribution in [-0.2, 0) is 9.53 Å². The van der Waals surface area contributed by atoms with Crippen molar-refractivity contribution in [3.05, 3.63) is 0 Å². The zero-order valence-electron chi connectivity index (χ0n) is 16.0. The van der Waals surface area contributed by atoms with E-state index in [2.05, 4.69) is 35.9 Å². The minimum absolute atomic E-state index is 0.0442. The molecule has 1 rings (SSSR count). The lowest BCUT2D eigenvalue weighted by atomic mass is 9.97. The van der Waals surface area contributed by atoms with Gasteiger partial charge in [0.15, 0.2) is 5.96 Å². The van der Waals surface area contributed by atoms with Crippen molar-refractivity contribution in [1.82, 2.24) is 15.1 Å². The maximum absolute atomic E-state index is 11.8. The number of nitrogens with one attached hydrogen (secondary N) is 1. The fourth-order valence-electron chi connectivity index (χ4n) is 3.05. The van der Waals surface area contributed by atoms with E-state index in [9.17, 15) is 4.79 Å². The van der Waals surface area contributed by atoms with Gasteiger partial charge >= 0.3 is 5.97 Å². The van der Waals surface area contributed by atoms with E-state index in [4.69, 9.17) is 9.73 Å². The lowest BCUT2D eigenvalue weighted by Crippen LogP contribution is -2.47. The van der Waals surface area contributed by atoms with Crippen LogP contribution in [-0.4, -0.2) is 74.1 Å². The second-order valence-corrected chi connectivity index (χ2v) is 6.18. The summed E-state index contributed by atoms with van der Waals surface area (Å²) in [5, 5.41) is 3.39. The SMILES string of the molecule is CCCN(CC)CCN=C(NCC)N1CCC(C(=O)OCC)CC1. The summed E-state index contributed by atoms with van der Waals surface area (Å²) in [7, 11) is 0. The molecule has 1 fully saturated rings. The van der Waals surface area contributed by atoms with Crippen molar-refractivity contribution in [3.8, 4) is 0 Å². The minimum Gasteiger partial charge on any atom is -0.466 e. The molecule has 0 aromatic heterocycles. The van der Waals surface area contributed by atoms with Crippen LogP contribution in [0.2, 0.25) is 0 Å².